The van der Waals surface area contributed by atoms with E-state index in [1.165, 1.54) is 7.11 Å². The van der Waals surface area contributed by atoms with Gasteiger partial charge in [0.2, 0.25) is 0 Å². The second-order valence-electron chi connectivity index (χ2n) is 1.84. The first-order chi connectivity index (χ1) is 5.34. The Hall–Kier alpha value is -0.830. The first-order valence-electron chi connectivity index (χ1n) is 3.82. The van der Waals surface area contributed by atoms with Crippen molar-refractivity contribution in [2.75, 3.05) is 13.7 Å². The molecule has 1 N–H and O–H groups in total. The smallest absolute Gasteiger partial charge is 0.326 e. The summed E-state index contributed by atoms with van der Waals surface area (Å²) in [5.74, 6) is -0.219. The molecule has 0 fully saturated rings. The molecule has 11 heavy (non-hydrogen) atoms. The van der Waals surface area contributed by atoms with Crippen molar-refractivity contribution >= 4 is 5.97 Å². The summed E-state index contributed by atoms with van der Waals surface area (Å²) >= 11 is 0. The SMILES string of the molecule is CC.COC(=O)[C@@H]1C=CCN1.[HH]. The zero-order chi connectivity index (χ0) is 8.69. The van der Waals surface area contributed by atoms with E-state index in [2.05, 4.69) is 10.1 Å². The maximum Gasteiger partial charge on any atom is 0.326 e. The van der Waals surface area contributed by atoms with Gasteiger partial charge in [0.05, 0.1) is 7.11 Å². The van der Waals surface area contributed by atoms with E-state index in [1.54, 1.807) is 6.08 Å². The number of esters is 1. The molecule has 1 aliphatic rings. The van der Waals surface area contributed by atoms with Crippen LogP contribution < -0.4 is 5.32 Å². The van der Waals surface area contributed by atoms with Crippen LogP contribution in [0.5, 0.6) is 0 Å². The molecule has 3 nitrogen and oxygen atoms in total. The molecular weight excluding hydrogens is 142 g/mol. The van der Waals surface area contributed by atoms with Crippen molar-refractivity contribution in [1.29, 1.82) is 0 Å². The highest BCUT2D eigenvalue weighted by Gasteiger charge is 2.16. The summed E-state index contributed by atoms with van der Waals surface area (Å²) in [6, 6.07) is -0.213. The number of hydrogen-bond acceptors (Lipinski definition) is 3. The minimum absolute atomic E-state index is 0. The first-order valence-corrected chi connectivity index (χ1v) is 3.82. The van der Waals surface area contributed by atoms with Crippen LogP contribution in [0.4, 0.5) is 0 Å². The van der Waals surface area contributed by atoms with Crippen LogP contribution in [0.25, 0.3) is 0 Å². The number of rotatable bonds is 1. The first kappa shape index (κ1) is 10.2. The molecule has 0 amide bonds. The van der Waals surface area contributed by atoms with Gasteiger partial charge in [-0.05, 0) is 0 Å². The van der Waals surface area contributed by atoms with Gasteiger partial charge in [-0.2, -0.15) is 0 Å². The van der Waals surface area contributed by atoms with Crippen LogP contribution in [0.1, 0.15) is 15.3 Å². The Bertz CT molecular complexity index is 148. The zero-order valence-electron chi connectivity index (χ0n) is 7.26. The minimum atomic E-state index is -0.219. The van der Waals surface area contributed by atoms with Crippen LogP contribution in [0.3, 0.4) is 0 Å². The fourth-order valence-electron chi connectivity index (χ4n) is 0.756. The Morgan fingerprint density at radius 3 is 2.73 bits per heavy atom. The average molecular weight is 159 g/mol. The average Bonchev–Trinajstić information content (AvgIpc) is 2.59. The van der Waals surface area contributed by atoms with Gasteiger partial charge in [0.15, 0.2) is 0 Å². The van der Waals surface area contributed by atoms with Gasteiger partial charge in [0, 0.05) is 7.97 Å². The minimum Gasteiger partial charge on any atom is -0.468 e. The standard InChI is InChI=1S/C6H9NO2.C2H6.H2/c1-9-6(8)5-3-2-4-7-5;1-2;/h2-3,5,7H,4H2,1H3;1-2H3;1H/t5-;;/m0../s1. The predicted molar refractivity (Wildman–Crippen MR) is 46.4 cm³/mol. The van der Waals surface area contributed by atoms with Gasteiger partial charge in [-0.1, -0.05) is 26.0 Å². The van der Waals surface area contributed by atoms with Crippen LogP contribution >= 0.6 is 0 Å². The highest BCUT2D eigenvalue weighted by Crippen LogP contribution is 1.95. The molecule has 0 aromatic rings. The van der Waals surface area contributed by atoms with Crippen molar-refractivity contribution in [2.45, 2.75) is 19.9 Å². The monoisotopic (exact) mass is 159 g/mol. The van der Waals surface area contributed by atoms with E-state index in [9.17, 15) is 4.79 Å². The third-order valence-electron chi connectivity index (χ3n) is 1.24. The van der Waals surface area contributed by atoms with Gasteiger partial charge in [0.25, 0.3) is 0 Å². The maximum absolute atomic E-state index is 10.7. The summed E-state index contributed by atoms with van der Waals surface area (Å²) < 4.78 is 4.48. The molecule has 3 heteroatoms. The van der Waals surface area contributed by atoms with Crippen molar-refractivity contribution in [3.05, 3.63) is 12.2 Å². The fraction of sp³-hybridized carbons (Fsp3) is 0.625. The van der Waals surface area contributed by atoms with Gasteiger partial charge in [-0.25, -0.2) is 0 Å². The van der Waals surface area contributed by atoms with E-state index < -0.39 is 0 Å². The summed E-state index contributed by atoms with van der Waals surface area (Å²) in [6.45, 7) is 4.76. The lowest BCUT2D eigenvalue weighted by atomic mass is 10.3. The molecule has 0 aliphatic carbocycles. The molecule has 0 radical (unpaired) electrons. The van der Waals surface area contributed by atoms with Crippen molar-refractivity contribution < 1.29 is 11.0 Å². The Balaban J connectivity index is 0. The van der Waals surface area contributed by atoms with Crippen LogP contribution in [0, 0.1) is 0 Å². The highest BCUT2D eigenvalue weighted by atomic mass is 16.5. The van der Waals surface area contributed by atoms with E-state index in [-0.39, 0.29) is 13.4 Å². The van der Waals surface area contributed by atoms with Gasteiger partial charge in [-0.15, -0.1) is 0 Å². The summed E-state index contributed by atoms with van der Waals surface area (Å²) in [5, 5.41) is 2.92. The predicted octanol–water partition coefficient (Wildman–Crippen LogP) is 0.960. The largest absolute Gasteiger partial charge is 0.468 e. The Morgan fingerprint density at radius 1 is 1.73 bits per heavy atom. The lowest BCUT2D eigenvalue weighted by molar-refractivity contribution is -0.141. The van der Waals surface area contributed by atoms with E-state index in [4.69, 9.17) is 0 Å². The Kier molecular flexibility index (Phi) is 5.47. The third-order valence-corrected chi connectivity index (χ3v) is 1.24. The number of carbonyl (C=O) groups is 1. The zero-order valence-corrected chi connectivity index (χ0v) is 7.26. The van der Waals surface area contributed by atoms with E-state index in [0.717, 1.165) is 6.54 Å². The number of nitrogens with one attached hydrogen (secondary N) is 1. The topological polar surface area (TPSA) is 38.3 Å². The number of hydrogen-bond donors (Lipinski definition) is 1. The molecule has 0 unspecified atom stereocenters. The molecule has 0 bridgehead atoms. The van der Waals surface area contributed by atoms with Crippen molar-refractivity contribution in [3.63, 3.8) is 0 Å². The normalized spacial score (nSPS) is 20.5. The van der Waals surface area contributed by atoms with E-state index in [1.807, 2.05) is 19.9 Å². The second-order valence-corrected chi connectivity index (χ2v) is 1.84. The van der Waals surface area contributed by atoms with Crippen LogP contribution in [0.15, 0.2) is 12.2 Å². The van der Waals surface area contributed by atoms with Gasteiger partial charge >= 0.3 is 5.97 Å². The summed E-state index contributed by atoms with van der Waals surface area (Å²) in [4.78, 5) is 10.7. The van der Waals surface area contributed by atoms with Gasteiger partial charge < -0.3 is 4.74 Å². The van der Waals surface area contributed by atoms with Gasteiger partial charge in [0.1, 0.15) is 6.04 Å². The highest BCUT2D eigenvalue weighted by molar-refractivity contribution is 5.78. The lowest BCUT2D eigenvalue weighted by Gasteiger charge is -2.04. The van der Waals surface area contributed by atoms with E-state index >= 15 is 0 Å². The third kappa shape index (κ3) is 3.18. The quantitative estimate of drug-likeness (QED) is 0.457. The summed E-state index contributed by atoms with van der Waals surface area (Å²) in [5.41, 5.74) is 0. The molecular formula is C8H17NO2. The van der Waals surface area contributed by atoms with Crippen LogP contribution in [0.2, 0.25) is 0 Å². The summed E-state index contributed by atoms with van der Waals surface area (Å²) in [6.07, 6.45) is 3.70. The molecule has 66 valence electrons. The molecule has 1 aliphatic heterocycles. The molecule has 0 spiro atoms. The van der Waals surface area contributed by atoms with E-state index in [0.29, 0.717) is 0 Å². The second kappa shape index (κ2) is 5.92. The lowest BCUT2D eigenvalue weighted by Crippen LogP contribution is -2.31. The fourth-order valence-corrected chi connectivity index (χ4v) is 0.756. The van der Waals surface area contributed by atoms with Crippen molar-refractivity contribution in [1.82, 2.24) is 5.32 Å². The summed E-state index contributed by atoms with van der Waals surface area (Å²) in [7, 11) is 1.39. The van der Waals surface area contributed by atoms with Crippen molar-refractivity contribution in [2.24, 2.45) is 0 Å². The Labute approximate surface area is 68.9 Å². The Morgan fingerprint density at radius 2 is 2.36 bits per heavy atom. The number of carbonyl (C=O) groups excluding carboxylic acids is 1. The molecule has 1 atom stereocenters. The number of methoxy groups -OCH3 is 1. The maximum atomic E-state index is 10.7. The van der Waals surface area contributed by atoms with Crippen LogP contribution in [-0.2, 0) is 9.53 Å². The van der Waals surface area contributed by atoms with Gasteiger partial charge in [-0.3, -0.25) is 10.1 Å². The van der Waals surface area contributed by atoms with Crippen molar-refractivity contribution in [3.8, 4) is 0 Å². The molecule has 0 aromatic carbocycles. The molecule has 0 aromatic heterocycles. The molecule has 0 saturated carbocycles. The van der Waals surface area contributed by atoms with Crippen LogP contribution in [-0.4, -0.2) is 25.7 Å². The molecule has 1 heterocycles. The molecule has 1 rings (SSSR count). The number of ether oxygens (including phenoxy) is 1. The molecule has 0 saturated heterocycles.